The van der Waals surface area contributed by atoms with Gasteiger partial charge in [-0.1, -0.05) is 12.1 Å². The first-order valence-electron chi connectivity index (χ1n) is 9.32. The Bertz CT molecular complexity index is 1180. The zero-order valence-electron chi connectivity index (χ0n) is 17.2. The van der Waals surface area contributed by atoms with Crippen molar-refractivity contribution in [3.63, 3.8) is 0 Å². The van der Waals surface area contributed by atoms with Crippen LogP contribution in [0, 0.1) is 12.7 Å². The lowest BCUT2D eigenvalue weighted by molar-refractivity contribution is 0.0950. The second-order valence-electron chi connectivity index (χ2n) is 6.71. The minimum Gasteiger partial charge on any atom is -0.493 e. The van der Waals surface area contributed by atoms with Crippen molar-refractivity contribution in [2.45, 2.75) is 17.1 Å². The number of halogens is 1. The van der Waals surface area contributed by atoms with Crippen LogP contribution in [-0.4, -0.2) is 35.1 Å². The summed E-state index contributed by atoms with van der Waals surface area (Å²) >= 11 is 1.27. The maximum absolute atomic E-state index is 13.7. The van der Waals surface area contributed by atoms with Crippen molar-refractivity contribution in [3.8, 4) is 11.5 Å². The van der Waals surface area contributed by atoms with Crippen molar-refractivity contribution < 1.29 is 27.1 Å². The summed E-state index contributed by atoms with van der Waals surface area (Å²) in [5.41, 5.74) is 0.456. The Hall–Kier alpha value is -2.91. The Labute approximate surface area is 184 Å². The molecule has 0 saturated carbocycles. The number of aryl methyl sites for hydroxylation is 1. The molecule has 6 nitrogen and oxygen atoms in total. The van der Waals surface area contributed by atoms with Gasteiger partial charge in [-0.15, -0.1) is 11.3 Å². The van der Waals surface area contributed by atoms with Gasteiger partial charge in [0.05, 0.1) is 24.7 Å². The Morgan fingerprint density at radius 2 is 1.90 bits per heavy atom. The van der Waals surface area contributed by atoms with Gasteiger partial charge in [-0.25, -0.2) is 12.8 Å². The van der Waals surface area contributed by atoms with Crippen molar-refractivity contribution in [2.24, 2.45) is 0 Å². The Kier molecular flexibility index (Phi) is 6.97. The van der Waals surface area contributed by atoms with E-state index in [0.717, 1.165) is 6.07 Å². The zero-order valence-corrected chi connectivity index (χ0v) is 18.8. The van der Waals surface area contributed by atoms with E-state index >= 15 is 0 Å². The summed E-state index contributed by atoms with van der Waals surface area (Å²) in [6.07, 6.45) is 0. The number of thiophene rings is 1. The second-order valence-corrected chi connectivity index (χ2v) is 9.82. The van der Waals surface area contributed by atoms with Crippen LogP contribution < -0.4 is 14.8 Å². The Morgan fingerprint density at radius 3 is 2.52 bits per heavy atom. The van der Waals surface area contributed by atoms with E-state index < -0.39 is 26.8 Å². The molecule has 9 heteroatoms. The standard InChI is InChI=1S/C22H22FNO5S2/c1-14-12-15(9-10-17(14)23)31(26,27)20(19-8-5-11-30-19)13-24-22(25)16-6-4-7-18(28-2)21(16)29-3/h4-12,20H,13H2,1-3H3,(H,24,25)/t20-/m0/s1. The Balaban J connectivity index is 1.92. The molecule has 1 aromatic heterocycles. The molecule has 0 unspecified atom stereocenters. The molecule has 3 rings (SSSR count). The number of methoxy groups -OCH3 is 2. The molecule has 0 radical (unpaired) electrons. The van der Waals surface area contributed by atoms with Crippen LogP contribution in [0.1, 0.15) is 26.0 Å². The van der Waals surface area contributed by atoms with Gasteiger partial charge in [0.1, 0.15) is 11.1 Å². The minimum atomic E-state index is -3.90. The number of amides is 1. The highest BCUT2D eigenvalue weighted by Crippen LogP contribution is 2.33. The van der Waals surface area contributed by atoms with Crippen molar-refractivity contribution in [3.05, 3.63) is 75.7 Å². The van der Waals surface area contributed by atoms with Crippen molar-refractivity contribution >= 4 is 27.1 Å². The first-order chi connectivity index (χ1) is 14.8. The average Bonchev–Trinajstić information content (AvgIpc) is 3.29. The van der Waals surface area contributed by atoms with E-state index in [2.05, 4.69) is 5.32 Å². The summed E-state index contributed by atoms with van der Waals surface area (Å²) in [6.45, 7) is 1.34. The van der Waals surface area contributed by atoms with Crippen LogP contribution in [0.25, 0.3) is 0 Å². The topological polar surface area (TPSA) is 81.7 Å². The van der Waals surface area contributed by atoms with Gasteiger partial charge in [0.25, 0.3) is 5.91 Å². The number of para-hydroxylation sites is 1. The third-order valence-corrected chi connectivity index (χ3v) is 8.00. The van der Waals surface area contributed by atoms with E-state index in [9.17, 15) is 17.6 Å². The molecule has 1 atom stereocenters. The molecular weight excluding hydrogens is 441 g/mol. The quantitative estimate of drug-likeness (QED) is 0.508. The summed E-state index contributed by atoms with van der Waals surface area (Å²) in [7, 11) is -1.01. The lowest BCUT2D eigenvalue weighted by atomic mass is 10.1. The number of hydrogen-bond donors (Lipinski definition) is 1. The van der Waals surface area contributed by atoms with Crippen LogP contribution in [-0.2, 0) is 9.84 Å². The van der Waals surface area contributed by atoms with Gasteiger partial charge in [-0.05, 0) is 54.3 Å². The molecular formula is C22H22FNO5S2. The number of rotatable bonds is 8. The normalized spacial score (nSPS) is 12.3. The summed E-state index contributed by atoms with van der Waals surface area (Å²) in [6, 6.07) is 12.0. The fraction of sp³-hybridized carbons (Fsp3) is 0.227. The molecule has 0 aliphatic rings. The average molecular weight is 464 g/mol. The van der Waals surface area contributed by atoms with Gasteiger partial charge in [-0.2, -0.15) is 0 Å². The van der Waals surface area contributed by atoms with Gasteiger partial charge < -0.3 is 14.8 Å². The number of sulfone groups is 1. The molecule has 1 heterocycles. The highest BCUT2D eigenvalue weighted by atomic mass is 32.2. The molecule has 0 bridgehead atoms. The number of hydrogen-bond acceptors (Lipinski definition) is 6. The van der Waals surface area contributed by atoms with Crippen molar-refractivity contribution in [1.29, 1.82) is 0 Å². The van der Waals surface area contributed by atoms with Crippen LogP contribution in [0.4, 0.5) is 4.39 Å². The first-order valence-corrected chi connectivity index (χ1v) is 11.7. The van der Waals surface area contributed by atoms with Crippen LogP contribution in [0.2, 0.25) is 0 Å². The molecule has 0 aliphatic heterocycles. The molecule has 2 aromatic carbocycles. The third-order valence-electron chi connectivity index (χ3n) is 4.79. The number of ether oxygens (including phenoxy) is 2. The van der Waals surface area contributed by atoms with Gasteiger partial charge in [0, 0.05) is 11.4 Å². The van der Waals surface area contributed by atoms with E-state index in [1.807, 2.05) is 0 Å². The van der Waals surface area contributed by atoms with E-state index in [4.69, 9.17) is 9.47 Å². The van der Waals surface area contributed by atoms with Crippen LogP contribution in [0.15, 0.2) is 58.8 Å². The summed E-state index contributed by atoms with van der Waals surface area (Å²) in [5.74, 6) is -0.334. The molecule has 0 spiro atoms. The third kappa shape index (κ3) is 4.72. The number of nitrogens with one attached hydrogen (secondary N) is 1. The van der Waals surface area contributed by atoms with Gasteiger partial charge in [-0.3, -0.25) is 4.79 Å². The SMILES string of the molecule is COc1cccc(C(=O)NC[C@@H](c2cccs2)S(=O)(=O)c2ccc(F)c(C)c2)c1OC. The molecule has 31 heavy (non-hydrogen) atoms. The number of carbonyl (C=O) groups is 1. The lowest BCUT2D eigenvalue weighted by Gasteiger charge is -2.19. The zero-order chi connectivity index (χ0) is 22.6. The Morgan fingerprint density at radius 1 is 1.13 bits per heavy atom. The fourth-order valence-electron chi connectivity index (χ4n) is 3.14. The largest absolute Gasteiger partial charge is 0.493 e. The van der Waals surface area contributed by atoms with E-state index in [-0.39, 0.29) is 28.3 Å². The number of carbonyl (C=O) groups excluding carboxylic acids is 1. The molecule has 164 valence electrons. The van der Waals surface area contributed by atoms with E-state index in [1.165, 1.54) is 44.6 Å². The molecule has 1 amide bonds. The predicted octanol–water partition coefficient (Wildman–Crippen LogP) is 4.16. The maximum Gasteiger partial charge on any atom is 0.255 e. The predicted molar refractivity (Wildman–Crippen MR) is 117 cm³/mol. The van der Waals surface area contributed by atoms with Crippen molar-refractivity contribution in [1.82, 2.24) is 5.32 Å². The summed E-state index contributed by atoms with van der Waals surface area (Å²) in [4.78, 5) is 13.4. The van der Waals surface area contributed by atoms with Gasteiger partial charge in [0.2, 0.25) is 0 Å². The van der Waals surface area contributed by atoms with Crippen LogP contribution >= 0.6 is 11.3 Å². The second kappa shape index (κ2) is 9.49. The minimum absolute atomic E-state index is 0.00184. The van der Waals surface area contributed by atoms with Crippen molar-refractivity contribution in [2.75, 3.05) is 20.8 Å². The monoisotopic (exact) mass is 463 g/mol. The van der Waals surface area contributed by atoms with Gasteiger partial charge in [0.15, 0.2) is 21.3 Å². The fourth-order valence-corrected chi connectivity index (χ4v) is 6.01. The highest BCUT2D eigenvalue weighted by Gasteiger charge is 2.31. The molecule has 0 fully saturated rings. The maximum atomic E-state index is 13.7. The van der Waals surface area contributed by atoms with Crippen LogP contribution in [0.5, 0.6) is 11.5 Å². The molecule has 3 aromatic rings. The van der Waals surface area contributed by atoms with Crippen LogP contribution in [0.3, 0.4) is 0 Å². The first kappa shape index (κ1) is 22.8. The smallest absolute Gasteiger partial charge is 0.255 e. The highest BCUT2D eigenvalue weighted by molar-refractivity contribution is 7.91. The summed E-state index contributed by atoms with van der Waals surface area (Å²) < 4.78 is 50.9. The molecule has 1 N–H and O–H groups in total. The van der Waals surface area contributed by atoms with E-state index in [1.54, 1.807) is 35.7 Å². The number of benzene rings is 2. The lowest BCUT2D eigenvalue weighted by Crippen LogP contribution is -2.32. The molecule has 0 saturated heterocycles. The molecule has 0 aliphatic carbocycles. The summed E-state index contributed by atoms with van der Waals surface area (Å²) in [5, 5.41) is 3.43. The van der Waals surface area contributed by atoms with E-state index in [0.29, 0.717) is 10.6 Å². The van der Waals surface area contributed by atoms with Gasteiger partial charge >= 0.3 is 0 Å².